The molecule has 1 heterocycles. The Morgan fingerprint density at radius 3 is 0.682 bits per heavy atom. The quantitative estimate of drug-likeness (QED) is 0.0260. The zero-order valence-corrected chi connectivity index (χ0v) is 44.7. The van der Waals surface area contributed by atoms with Gasteiger partial charge in [-0.05, 0) is 19.3 Å². The van der Waals surface area contributed by atoms with E-state index in [2.05, 4.69) is 25.5 Å². The molecule has 7 heteroatoms. The molecule has 0 saturated carbocycles. The van der Waals surface area contributed by atoms with Gasteiger partial charge in [-0.1, -0.05) is 290 Å². The molecular weight excluding hydrogens is 821 g/mol. The monoisotopic (exact) mass is 935 g/mol. The van der Waals surface area contributed by atoms with Crippen LogP contribution in [0.3, 0.4) is 0 Å². The minimum Gasteiger partial charge on any atom is -0.462 e. The summed E-state index contributed by atoms with van der Waals surface area (Å²) in [5.74, 6) is -0.832. The van der Waals surface area contributed by atoms with Crippen LogP contribution in [-0.4, -0.2) is 50.4 Å². The number of ether oxygens (including phenoxy) is 4. The second-order valence-electron chi connectivity index (χ2n) is 20.2. The number of unbranched alkanes of at least 4 members (excludes halogenated alkanes) is 42. The Hall–Kier alpha value is -1.63. The molecule has 0 aromatic carbocycles. The fourth-order valence-electron chi connectivity index (χ4n) is 8.80. The number of carbonyl (C=O) groups excluding carboxylic acids is 3. The van der Waals surface area contributed by atoms with Crippen LogP contribution in [0.15, 0.2) is 0 Å². The van der Waals surface area contributed by atoms with E-state index in [0.29, 0.717) is 19.3 Å². The first-order chi connectivity index (χ1) is 32.5. The second kappa shape index (κ2) is 56.0. The van der Waals surface area contributed by atoms with Crippen molar-refractivity contribution in [1.82, 2.24) is 0 Å². The Morgan fingerprint density at radius 1 is 0.303 bits per heavy atom. The SMILES string of the molecule is C1CO1.CCCCCCCCCCCCCCCCCC(=O)OCC(COC(=O)CCCCCCCCCCCCCCCCC)OC(=O)CCCCCCCCCCCCCCCCC. The maximum absolute atomic E-state index is 12.8. The van der Waals surface area contributed by atoms with Gasteiger partial charge in [-0.3, -0.25) is 14.4 Å². The van der Waals surface area contributed by atoms with Gasteiger partial charge in [-0.15, -0.1) is 0 Å². The van der Waals surface area contributed by atoms with Gasteiger partial charge in [0.25, 0.3) is 0 Å². The standard InChI is InChI=1S/C57H110O6.C2H4O/c1-4-7-10-13-16-19-22-25-28-31-34-37-40-43-46-49-55(58)61-52-54(63-57(60)51-48-45-42-39-36-33-30-27-24-21-18-15-12-9-6-3)53-62-56(59)50-47-44-41-38-35-32-29-26-23-20-17-14-11-8-5-2;1-2-3-1/h54H,4-53H2,1-3H3;1-2H2. The van der Waals surface area contributed by atoms with Crippen LogP contribution in [0, 0.1) is 0 Å². The first kappa shape index (κ1) is 64.4. The van der Waals surface area contributed by atoms with Crippen molar-refractivity contribution in [2.45, 2.75) is 335 Å². The van der Waals surface area contributed by atoms with Gasteiger partial charge in [-0.25, -0.2) is 0 Å². The molecule has 0 atom stereocenters. The third kappa shape index (κ3) is 56.7. The number of rotatable bonds is 53. The fourth-order valence-corrected chi connectivity index (χ4v) is 8.80. The molecule has 0 radical (unpaired) electrons. The van der Waals surface area contributed by atoms with E-state index in [4.69, 9.17) is 14.2 Å². The van der Waals surface area contributed by atoms with Gasteiger partial charge in [0.2, 0.25) is 0 Å². The maximum atomic E-state index is 12.8. The number of carbonyl (C=O) groups is 3. The highest BCUT2D eigenvalue weighted by Crippen LogP contribution is 2.18. The average Bonchev–Trinajstić information content (AvgIpc) is 4.21. The highest BCUT2D eigenvalue weighted by atomic mass is 16.6. The number of esters is 3. The first-order valence-corrected chi connectivity index (χ1v) is 29.6. The summed E-state index contributed by atoms with van der Waals surface area (Å²) < 4.78 is 21.4. The van der Waals surface area contributed by atoms with Crippen molar-refractivity contribution in [2.75, 3.05) is 26.4 Å². The lowest BCUT2D eigenvalue weighted by Gasteiger charge is -2.18. The van der Waals surface area contributed by atoms with E-state index in [9.17, 15) is 14.4 Å². The van der Waals surface area contributed by atoms with Crippen LogP contribution < -0.4 is 0 Å². The summed E-state index contributed by atoms with van der Waals surface area (Å²) in [6.07, 6.45) is 58.0. The third-order valence-corrected chi connectivity index (χ3v) is 13.3. The zero-order chi connectivity index (χ0) is 47.9. The van der Waals surface area contributed by atoms with Crippen LogP contribution in [0.2, 0.25) is 0 Å². The van der Waals surface area contributed by atoms with Crippen LogP contribution in [0.1, 0.15) is 329 Å². The van der Waals surface area contributed by atoms with Gasteiger partial charge >= 0.3 is 17.9 Å². The minimum absolute atomic E-state index is 0.0611. The van der Waals surface area contributed by atoms with E-state index in [-0.39, 0.29) is 31.1 Å². The first-order valence-electron chi connectivity index (χ1n) is 29.6. The van der Waals surface area contributed by atoms with Crippen LogP contribution in [0.5, 0.6) is 0 Å². The average molecular weight is 936 g/mol. The molecule has 1 rings (SSSR count). The Balaban J connectivity index is 0.0000135. The molecule has 392 valence electrons. The molecule has 1 saturated heterocycles. The van der Waals surface area contributed by atoms with E-state index < -0.39 is 6.10 Å². The molecule has 0 aliphatic carbocycles. The predicted octanol–water partition coefficient (Wildman–Crippen LogP) is 18.8. The van der Waals surface area contributed by atoms with Crippen molar-refractivity contribution in [3.05, 3.63) is 0 Å². The normalized spacial score (nSPS) is 12.0. The number of epoxide rings is 1. The van der Waals surface area contributed by atoms with Gasteiger partial charge in [0.1, 0.15) is 13.2 Å². The highest BCUT2D eigenvalue weighted by Gasteiger charge is 2.19. The minimum atomic E-state index is -0.760. The van der Waals surface area contributed by atoms with E-state index in [1.165, 1.54) is 231 Å². The van der Waals surface area contributed by atoms with Crippen molar-refractivity contribution in [1.29, 1.82) is 0 Å². The summed E-state index contributed by atoms with van der Waals surface area (Å²) in [7, 11) is 0. The third-order valence-electron chi connectivity index (χ3n) is 13.3. The fraction of sp³-hybridized carbons (Fsp3) is 0.949. The lowest BCUT2D eigenvalue weighted by atomic mass is 10.0. The molecular formula is C59H114O7. The Morgan fingerprint density at radius 2 is 0.485 bits per heavy atom. The maximum Gasteiger partial charge on any atom is 0.306 e. The summed E-state index contributed by atoms with van der Waals surface area (Å²) in [5.41, 5.74) is 0. The molecule has 0 spiro atoms. The van der Waals surface area contributed by atoms with E-state index in [1.807, 2.05) is 0 Å². The van der Waals surface area contributed by atoms with Crippen LogP contribution >= 0.6 is 0 Å². The predicted molar refractivity (Wildman–Crippen MR) is 281 cm³/mol. The van der Waals surface area contributed by atoms with Crippen LogP contribution in [-0.2, 0) is 33.3 Å². The van der Waals surface area contributed by atoms with Crippen molar-refractivity contribution >= 4 is 17.9 Å². The van der Waals surface area contributed by atoms with E-state index >= 15 is 0 Å². The zero-order valence-electron chi connectivity index (χ0n) is 44.7. The lowest BCUT2D eigenvalue weighted by molar-refractivity contribution is -0.167. The second-order valence-corrected chi connectivity index (χ2v) is 20.2. The lowest BCUT2D eigenvalue weighted by Crippen LogP contribution is -2.30. The van der Waals surface area contributed by atoms with Gasteiger partial charge in [0.15, 0.2) is 6.10 Å². The molecule has 0 amide bonds. The van der Waals surface area contributed by atoms with Crippen molar-refractivity contribution in [2.24, 2.45) is 0 Å². The molecule has 0 aromatic heterocycles. The molecule has 0 bridgehead atoms. The van der Waals surface area contributed by atoms with Crippen molar-refractivity contribution < 1.29 is 33.3 Å². The van der Waals surface area contributed by atoms with Crippen LogP contribution in [0.4, 0.5) is 0 Å². The molecule has 66 heavy (non-hydrogen) atoms. The van der Waals surface area contributed by atoms with Crippen molar-refractivity contribution in [3.8, 4) is 0 Å². The highest BCUT2D eigenvalue weighted by molar-refractivity contribution is 5.71. The number of hydrogen-bond donors (Lipinski definition) is 0. The Bertz CT molecular complexity index is 931. The smallest absolute Gasteiger partial charge is 0.306 e. The molecule has 1 aliphatic heterocycles. The van der Waals surface area contributed by atoms with Gasteiger partial charge in [0, 0.05) is 19.3 Å². The largest absolute Gasteiger partial charge is 0.462 e. The molecule has 7 nitrogen and oxygen atoms in total. The summed E-state index contributed by atoms with van der Waals surface area (Å²) in [5, 5.41) is 0. The Kier molecular flexibility index (Phi) is 54.6. The molecule has 1 aliphatic rings. The molecule has 1 fully saturated rings. The summed E-state index contributed by atoms with van der Waals surface area (Å²) in [6.45, 7) is 8.71. The molecule has 0 unspecified atom stereocenters. The van der Waals surface area contributed by atoms with Gasteiger partial charge in [0.05, 0.1) is 13.2 Å². The van der Waals surface area contributed by atoms with E-state index in [1.54, 1.807) is 0 Å². The van der Waals surface area contributed by atoms with Gasteiger partial charge < -0.3 is 18.9 Å². The summed E-state index contributed by atoms with van der Waals surface area (Å²) >= 11 is 0. The van der Waals surface area contributed by atoms with Crippen LogP contribution in [0.25, 0.3) is 0 Å². The van der Waals surface area contributed by atoms with Gasteiger partial charge in [-0.2, -0.15) is 0 Å². The van der Waals surface area contributed by atoms with E-state index in [0.717, 1.165) is 71.0 Å². The molecule has 0 aromatic rings. The Labute approximate surface area is 411 Å². The summed E-state index contributed by atoms with van der Waals surface area (Å²) in [6, 6.07) is 0. The molecule has 0 N–H and O–H groups in total. The topological polar surface area (TPSA) is 91.4 Å². The number of hydrogen-bond acceptors (Lipinski definition) is 7. The van der Waals surface area contributed by atoms with Crippen molar-refractivity contribution in [3.63, 3.8) is 0 Å². The summed E-state index contributed by atoms with van der Waals surface area (Å²) in [4.78, 5) is 38.1.